The summed E-state index contributed by atoms with van der Waals surface area (Å²) in [5.41, 5.74) is -1.01. The number of aliphatic hydroxyl groups is 1. The zero-order chi connectivity index (χ0) is 14.4. The quantitative estimate of drug-likeness (QED) is 0.916. The van der Waals surface area contributed by atoms with Gasteiger partial charge in [-0.15, -0.1) is 0 Å². The number of nitriles is 1. The van der Waals surface area contributed by atoms with Gasteiger partial charge in [-0.2, -0.15) is 5.26 Å². The van der Waals surface area contributed by atoms with E-state index in [-0.39, 0.29) is 5.82 Å². The third-order valence-corrected chi connectivity index (χ3v) is 5.45. The number of fused-ring (bicyclic) bond motifs is 2. The molecule has 2 fully saturated rings. The summed E-state index contributed by atoms with van der Waals surface area (Å²) in [6.45, 7) is 1.75. The number of rotatable bonds is 3. The molecule has 0 aliphatic heterocycles. The summed E-state index contributed by atoms with van der Waals surface area (Å²) in [4.78, 5) is 0. The van der Waals surface area contributed by atoms with Crippen molar-refractivity contribution < 1.29 is 9.50 Å². The Hall–Kier alpha value is -1.40. The van der Waals surface area contributed by atoms with Gasteiger partial charge in [-0.05, 0) is 55.7 Å². The van der Waals surface area contributed by atoms with E-state index in [0.717, 1.165) is 24.8 Å². The van der Waals surface area contributed by atoms with Crippen molar-refractivity contribution >= 4 is 0 Å². The molecule has 0 amide bonds. The molecular formula is C17H20FNO. The summed E-state index contributed by atoms with van der Waals surface area (Å²) in [6, 6.07) is 8.76. The van der Waals surface area contributed by atoms with Crippen LogP contribution < -0.4 is 0 Å². The highest BCUT2D eigenvalue weighted by Crippen LogP contribution is 2.60. The molecule has 4 atom stereocenters. The molecule has 2 bridgehead atoms. The second-order valence-electron chi connectivity index (χ2n) is 6.74. The second-order valence-corrected chi connectivity index (χ2v) is 6.74. The van der Waals surface area contributed by atoms with Crippen molar-refractivity contribution in [1.29, 1.82) is 5.26 Å². The van der Waals surface area contributed by atoms with Gasteiger partial charge in [0.25, 0.3) is 0 Å². The lowest BCUT2D eigenvalue weighted by atomic mass is 9.62. The zero-order valence-corrected chi connectivity index (χ0v) is 11.8. The first-order chi connectivity index (χ1) is 9.47. The van der Waals surface area contributed by atoms with E-state index in [1.807, 2.05) is 6.07 Å². The van der Waals surface area contributed by atoms with Crippen LogP contribution in [0.5, 0.6) is 0 Å². The van der Waals surface area contributed by atoms with Crippen molar-refractivity contribution in [3.05, 3.63) is 35.6 Å². The van der Waals surface area contributed by atoms with Gasteiger partial charge < -0.3 is 5.11 Å². The van der Waals surface area contributed by atoms with Crippen LogP contribution >= 0.6 is 0 Å². The summed E-state index contributed by atoms with van der Waals surface area (Å²) >= 11 is 0. The number of benzene rings is 1. The van der Waals surface area contributed by atoms with Gasteiger partial charge >= 0.3 is 0 Å². The Morgan fingerprint density at radius 1 is 1.50 bits per heavy atom. The molecule has 0 radical (unpaired) electrons. The highest BCUT2D eigenvalue weighted by atomic mass is 19.1. The van der Waals surface area contributed by atoms with Crippen LogP contribution in [-0.2, 0) is 6.42 Å². The fourth-order valence-electron chi connectivity index (χ4n) is 4.45. The predicted molar refractivity (Wildman–Crippen MR) is 74.2 cm³/mol. The SMILES string of the molecule is CC(O)(Cc1cccc(F)c1)C1(C#N)CC2CCC1C2. The molecule has 0 heterocycles. The lowest BCUT2D eigenvalue weighted by Crippen LogP contribution is -2.50. The molecule has 2 saturated carbocycles. The lowest BCUT2D eigenvalue weighted by molar-refractivity contribution is -0.0667. The normalized spacial score (nSPS) is 34.7. The summed E-state index contributed by atoms with van der Waals surface area (Å²) in [6.07, 6.45) is 4.41. The summed E-state index contributed by atoms with van der Waals surface area (Å²) in [5, 5.41) is 20.7. The van der Waals surface area contributed by atoms with Gasteiger partial charge in [0.2, 0.25) is 0 Å². The fourth-order valence-corrected chi connectivity index (χ4v) is 4.45. The number of halogens is 1. The number of hydrogen-bond donors (Lipinski definition) is 1. The average molecular weight is 273 g/mol. The van der Waals surface area contributed by atoms with Crippen molar-refractivity contribution in [3.63, 3.8) is 0 Å². The van der Waals surface area contributed by atoms with E-state index in [2.05, 4.69) is 6.07 Å². The molecule has 1 N–H and O–H groups in total. The molecule has 3 heteroatoms. The molecular weight excluding hydrogens is 253 g/mol. The summed E-state index contributed by atoms with van der Waals surface area (Å²) in [5.74, 6) is 0.581. The van der Waals surface area contributed by atoms with Crippen LogP contribution in [0.4, 0.5) is 4.39 Å². The topological polar surface area (TPSA) is 44.0 Å². The van der Waals surface area contributed by atoms with Crippen LogP contribution in [0.25, 0.3) is 0 Å². The summed E-state index contributed by atoms with van der Waals surface area (Å²) < 4.78 is 13.3. The monoisotopic (exact) mass is 273 g/mol. The third-order valence-electron chi connectivity index (χ3n) is 5.45. The Morgan fingerprint density at radius 3 is 2.85 bits per heavy atom. The highest BCUT2D eigenvalue weighted by molar-refractivity contribution is 5.25. The van der Waals surface area contributed by atoms with E-state index < -0.39 is 11.0 Å². The van der Waals surface area contributed by atoms with E-state index in [1.165, 1.54) is 18.6 Å². The van der Waals surface area contributed by atoms with Gasteiger partial charge in [0, 0.05) is 6.42 Å². The Bertz CT molecular complexity index is 562. The zero-order valence-electron chi connectivity index (χ0n) is 11.8. The van der Waals surface area contributed by atoms with Crippen LogP contribution in [0.15, 0.2) is 24.3 Å². The first-order valence-corrected chi connectivity index (χ1v) is 7.35. The van der Waals surface area contributed by atoms with Crippen LogP contribution in [0, 0.1) is 34.4 Å². The van der Waals surface area contributed by atoms with Gasteiger partial charge in [0.1, 0.15) is 5.82 Å². The van der Waals surface area contributed by atoms with Crippen LogP contribution in [0.1, 0.15) is 38.2 Å². The van der Waals surface area contributed by atoms with Crippen molar-refractivity contribution in [2.75, 3.05) is 0 Å². The maximum atomic E-state index is 13.3. The van der Waals surface area contributed by atoms with Gasteiger partial charge in [-0.3, -0.25) is 0 Å². The van der Waals surface area contributed by atoms with E-state index in [4.69, 9.17) is 0 Å². The predicted octanol–water partition coefficient (Wildman–Crippen LogP) is 3.45. The molecule has 3 rings (SSSR count). The minimum Gasteiger partial charge on any atom is -0.388 e. The van der Waals surface area contributed by atoms with E-state index in [1.54, 1.807) is 13.0 Å². The lowest BCUT2D eigenvalue weighted by Gasteiger charge is -2.43. The smallest absolute Gasteiger partial charge is 0.123 e. The average Bonchev–Trinajstić information content (AvgIpc) is 2.98. The first kappa shape index (κ1) is 13.6. The fraction of sp³-hybridized carbons (Fsp3) is 0.588. The van der Waals surface area contributed by atoms with Crippen molar-refractivity contribution in [2.45, 2.75) is 44.6 Å². The third kappa shape index (κ3) is 1.94. The van der Waals surface area contributed by atoms with E-state index >= 15 is 0 Å². The van der Waals surface area contributed by atoms with Crippen molar-refractivity contribution in [3.8, 4) is 6.07 Å². The van der Waals surface area contributed by atoms with E-state index in [9.17, 15) is 14.8 Å². The maximum absolute atomic E-state index is 13.3. The molecule has 106 valence electrons. The minimum atomic E-state index is -1.10. The second kappa shape index (κ2) is 4.56. The molecule has 0 saturated heterocycles. The maximum Gasteiger partial charge on any atom is 0.123 e. The minimum absolute atomic E-state index is 0.293. The molecule has 2 aliphatic carbocycles. The molecule has 2 aliphatic rings. The van der Waals surface area contributed by atoms with E-state index in [0.29, 0.717) is 18.3 Å². The van der Waals surface area contributed by atoms with Crippen LogP contribution in [-0.4, -0.2) is 10.7 Å². The molecule has 4 unspecified atom stereocenters. The molecule has 20 heavy (non-hydrogen) atoms. The molecule has 1 aromatic carbocycles. The van der Waals surface area contributed by atoms with Gasteiger partial charge in [0.05, 0.1) is 17.1 Å². The summed E-state index contributed by atoms with van der Waals surface area (Å²) in [7, 11) is 0. The Kier molecular flexibility index (Phi) is 3.10. The van der Waals surface area contributed by atoms with Crippen LogP contribution in [0.3, 0.4) is 0 Å². The Labute approximate surface area is 119 Å². The largest absolute Gasteiger partial charge is 0.388 e. The molecule has 1 aromatic rings. The highest BCUT2D eigenvalue weighted by Gasteiger charge is 2.60. The molecule has 0 spiro atoms. The molecule has 0 aromatic heterocycles. The van der Waals surface area contributed by atoms with Gasteiger partial charge in [-0.25, -0.2) is 4.39 Å². The Morgan fingerprint density at radius 2 is 2.30 bits per heavy atom. The van der Waals surface area contributed by atoms with Crippen LogP contribution in [0.2, 0.25) is 0 Å². The van der Waals surface area contributed by atoms with Gasteiger partial charge in [-0.1, -0.05) is 18.6 Å². The van der Waals surface area contributed by atoms with Crippen molar-refractivity contribution in [2.24, 2.45) is 17.3 Å². The molecule has 2 nitrogen and oxygen atoms in total. The van der Waals surface area contributed by atoms with Gasteiger partial charge in [0.15, 0.2) is 0 Å². The first-order valence-electron chi connectivity index (χ1n) is 7.35. The number of nitrogens with zero attached hydrogens (tertiary/aromatic N) is 1. The number of hydrogen-bond acceptors (Lipinski definition) is 2. The standard InChI is InChI=1S/C17H20FNO/c1-16(20,9-12-3-2-4-15(18)8-12)17(11-19)10-13-5-6-14(17)7-13/h2-4,8,13-14,20H,5-7,9-10H2,1H3. The Balaban J connectivity index is 1.89. The van der Waals surface area contributed by atoms with Crippen molar-refractivity contribution in [1.82, 2.24) is 0 Å².